The zero-order valence-corrected chi connectivity index (χ0v) is 16.8. The Hall–Kier alpha value is -3.46. The fourth-order valence-electron chi connectivity index (χ4n) is 3.39. The van der Waals surface area contributed by atoms with E-state index >= 15 is 0 Å². The number of carbonyl (C=O) groups is 1. The third kappa shape index (κ3) is 4.41. The molecule has 1 aliphatic rings. The van der Waals surface area contributed by atoms with Gasteiger partial charge < -0.3 is 9.80 Å². The third-order valence-corrected chi connectivity index (χ3v) is 5.19. The summed E-state index contributed by atoms with van der Waals surface area (Å²) in [7, 11) is 0. The molecule has 0 atom stereocenters. The van der Waals surface area contributed by atoms with Gasteiger partial charge in [0.2, 0.25) is 5.91 Å². The van der Waals surface area contributed by atoms with Crippen LogP contribution in [0, 0.1) is 10.1 Å². The van der Waals surface area contributed by atoms with Crippen LogP contribution in [0.4, 0.5) is 11.4 Å². The summed E-state index contributed by atoms with van der Waals surface area (Å²) in [5.74, 6) is 0.300. The Labute approximate surface area is 177 Å². The second-order valence-electron chi connectivity index (χ2n) is 6.92. The van der Waals surface area contributed by atoms with Gasteiger partial charge in [-0.25, -0.2) is 9.67 Å². The van der Waals surface area contributed by atoms with Crippen LogP contribution in [-0.4, -0.2) is 56.7 Å². The summed E-state index contributed by atoms with van der Waals surface area (Å²) in [6.07, 6.45) is 1.47. The zero-order chi connectivity index (χ0) is 21.1. The zero-order valence-electron chi connectivity index (χ0n) is 16.0. The molecule has 1 saturated heterocycles. The third-order valence-electron chi connectivity index (χ3n) is 4.95. The van der Waals surface area contributed by atoms with Gasteiger partial charge in [-0.1, -0.05) is 29.8 Å². The summed E-state index contributed by atoms with van der Waals surface area (Å²) in [5, 5.41) is 15.9. The number of piperazine rings is 1. The SMILES string of the molecule is O=C(Cn1cnc(-c2cccc([N+](=O)[O-])c2)n1)N1CCN(c2cccc(Cl)c2)CC1. The lowest BCUT2D eigenvalue weighted by atomic mass is 10.2. The average Bonchev–Trinajstić information content (AvgIpc) is 3.22. The molecule has 154 valence electrons. The van der Waals surface area contributed by atoms with Crippen molar-refractivity contribution in [3.63, 3.8) is 0 Å². The van der Waals surface area contributed by atoms with E-state index in [0.29, 0.717) is 29.5 Å². The molecule has 2 aromatic carbocycles. The molecule has 3 aromatic rings. The molecule has 1 aromatic heterocycles. The number of hydrogen-bond donors (Lipinski definition) is 0. The minimum absolute atomic E-state index is 0.0301. The van der Waals surface area contributed by atoms with Gasteiger partial charge >= 0.3 is 0 Å². The van der Waals surface area contributed by atoms with Crippen LogP contribution in [0.3, 0.4) is 0 Å². The van der Waals surface area contributed by atoms with Gasteiger partial charge in [-0.15, -0.1) is 0 Å². The topological polar surface area (TPSA) is 97.4 Å². The number of carbonyl (C=O) groups excluding carboxylic acids is 1. The average molecular weight is 427 g/mol. The highest BCUT2D eigenvalue weighted by Crippen LogP contribution is 2.22. The molecule has 30 heavy (non-hydrogen) atoms. The van der Waals surface area contributed by atoms with E-state index in [1.54, 1.807) is 17.0 Å². The first-order chi connectivity index (χ1) is 14.5. The fourth-order valence-corrected chi connectivity index (χ4v) is 3.57. The Bertz CT molecular complexity index is 1080. The van der Waals surface area contributed by atoms with Crippen LogP contribution < -0.4 is 4.90 Å². The van der Waals surface area contributed by atoms with Gasteiger partial charge in [-0.3, -0.25) is 14.9 Å². The molecule has 1 fully saturated rings. The molecule has 2 heterocycles. The molecule has 0 N–H and O–H groups in total. The maximum Gasteiger partial charge on any atom is 0.270 e. The second-order valence-corrected chi connectivity index (χ2v) is 7.36. The first kappa shape index (κ1) is 19.8. The van der Waals surface area contributed by atoms with E-state index in [1.807, 2.05) is 24.3 Å². The number of benzene rings is 2. The summed E-state index contributed by atoms with van der Waals surface area (Å²) < 4.78 is 1.46. The molecule has 0 bridgehead atoms. The summed E-state index contributed by atoms with van der Waals surface area (Å²) in [6, 6.07) is 13.8. The van der Waals surface area contributed by atoms with E-state index in [-0.39, 0.29) is 18.1 Å². The molecule has 0 aliphatic carbocycles. The highest BCUT2D eigenvalue weighted by Gasteiger charge is 2.22. The van der Waals surface area contributed by atoms with Crippen molar-refractivity contribution in [1.82, 2.24) is 19.7 Å². The van der Waals surface area contributed by atoms with Crippen molar-refractivity contribution in [3.05, 3.63) is 70.0 Å². The van der Waals surface area contributed by atoms with Crippen LogP contribution in [0.15, 0.2) is 54.9 Å². The van der Waals surface area contributed by atoms with Crippen molar-refractivity contribution >= 4 is 28.9 Å². The van der Waals surface area contributed by atoms with Gasteiger partial charge in [0.05, 0.1) is 4.92 Å². The molecule has 0 unspecified atom stereocenters. The van der Waals surface area contributed by atoms with E-state index < -0.39 is 4.92 Å². The normalized spacial score (nSPS) is 14.0. The number of hydrogen-bond acceptors (Lipinski definition) is 6. The number of rotatable bonds is 5. The van der Waals surface area contributed by atoms with Crippen molar-refractivity contribution in [1.29, 1.82) is 0 Å². The summed E-state index contributed by atoms with van der Waals surface area (Å²) in [6.45, 7) is 2.74. The first-order valence-corrected chi connectivity index (χ1v) is 9.80. The van der Waals surface area contributed by atoms with Crippen LogP contribution >= 0.6 is 11.6 Å². The standard InChI is InChI=1S/C20H19ClN6O3/c21-16-4-2-5-17(12-16)24-7-9-25(10-8-24)19(28)13-26-14-22-20(23-26)15-3-1-6-18(11-15)27(29)30/h1-6,11-12,14H,7-10,13H2. The highest BCUT2D eigenvalue weighted by atomic mass is 35.5. The molecule has 1 amide bonds. The molecule has 0 radical (unpaired) electrons. The molecular formula is C20H19ClN6O3. The summed E-state index contributed by atoms with van der Waals surface area (Å²) >= 11 is 6.06. The Kier molecular flexibility index (Phi) is 5.62. The molecule has 0 spiro atoms. The van der Waals surface area contributed by atoms with Crippen LogP contribution in [0.25, 0.3) is 11.4 Å². The Morgan fingerprint density at radius 1 is 1.10 bits per heavy atom. The van der Waals surface area contributed by atoms with Crippen molar-refractivity contribution in [2.45, 2.75) is 6.54 Å². The Balaban J connectivity index is 1.36. The van der Waals surface area contributed by atoms with Crippen molar-refractivity contribution in [3.8, 4) is 11.4 Å². The minimum Gasteiger partial charge on any atom is -0.368 e. The number of aromatic nitrogens is 3. The molecular weight excluding hydrogens is 408 g/mol. The van der Waals surface area contributed by atoms with Gasteiger partial charge in [-0.05, 0) is 18.2 Å². The number of anilines is 1. The predicted octanol–water partition coefficient (Wildman–Crippen LogP) is 2.86. The van der Waals surface area contributed by atoms with E-state index in [4.69, 9.17) is 11.6 Å². The molecule has 4 rings (SSSR count). The molecule has 1 aliphatic heterocycles. The van der Waals surface area contributed by atoms with E-state index in [9.17, 15) is 14.9 Å². The number of nitro groups is 1. The van der Waals surface area contributed by atoms with Gasteiger partial charge in [0, 0.05) is 54.6 Å². The maximum absolute atomic E-state index is 12.7. The van der Waals surface area contributed by atoms with E-state index in [1.165, 1.54) is 23.1 Å². The first-order valence-electron chi connectivity index (χ1n) is 9.42. The van der Waals surface area contributed by atoms with Gasteiger partial charge in [0.15, 0.2) is 5.82 Å². The summed E-state index contributed by atoms with van der Waals surface area (Å²) in [4.78, 5) is 31.3. The predicted molar refractivity (Wildman–Crippen MR) is 112 cm³/mol. The summed E-state index contributed by atoms with van der Waals surface area (Å²) in [5.41, 5.74) is 1.55. The van der Waals surface area contributed by atoms with Gasteiger partial charge in [0.25, 0.3) is 5.69 Å². The van der Waals surface area contributed by atoms with Gasteiger partial charge in [-0.2, -0.15) is 5.10 Å². The van der Waals surface area contributed by atoms with Crippen molar-refractivity contribution in [2.24, 2.45) is 0 Å². The molecule has 9 nitrogen and oxygen atoms in total. The molecule has 0 saturated carbocycles. The Morgan fingerprint density at radius 2 is 1.87 bits per heavy atom. The van der Waals surface area contributed by atoms with Crippen LogP contribution in [-0.2, 0) is 11.3 Å². The van der Waals surface area contributed by atoms with E-state index in [0.717, 1.165) is 18.8 Å². The number of nitro benzene ring substituents is 1. The highest BCUT2D eigenvalue weighted by molar-refractivity contribution is 6.30. The maximum atomic E-state index is 12.7. The minimum atomic E-state index is -0.465. The van der Waals surface area contributed by atoms with Crippen molar-refractivity contribution in [2.75, 3.05) is 31.1 Å². The lowest BCUT2D eigenvalue weighted by Crippen LogP contribution is -2.49. The lowest BCUT2D eigenvalue weighted by molar-refractivity contribution is -0.384. The van der Waals surface area contributed by atoms with Gasteiger partial charge in [0.1, 0.15) is 12.9 Å². The van der Waals surface area contributed by atoms with E-state index in [2.05, 4.69) is 15.0 Å². The Morgan fingerprint density at radius 3 is 2.60 bits per heavy atom. The van der Waals surface area contributed by atoms with Crippen LogP contribution in [0.5, 0.6) is 0 Å². The largest absolute Gasteiger partial charge is 0.368 e. The number of nitrogens with zero attached hydrogens (tertiary/aromatic N) is 6. The van der Waals surface area contributed by atoms with Crippen LogP contribution in [0.2, 0.25) is 5.02 Å². The number of non-ortho nitro benzene ring substituents is 1. The number of amides is 1. The number of halogens is 1. The lowest BCUT2D eigenvalue weighted by Gasteiger charge is -2.36. The molecule has 10 heteroatoms. The second kappa shape index (κ2) is 8.50. The quantitative estimate of drug-likeness (QED) is 0.459. The fraction of sp³-hybridized carbons (Fsp3) is 0.250. The van der Waals surface area contributed by atoms with Crippen molar-refractivity contribution < 1.29 is 9.72 Å². The van der Waals surface area contributed by atoms with Crippen LogP contribution in [0.1, 0.15) is 0 Å². The monoisotopic (exact) mass is 426 g/mol. The smallest absolute Gasteiger partial charge is 0.270 e.